The Balaban J connectivity index is 1.74. The summed E-state index contributed by atoms with van der Waals surface area (Å²) in [5.41, 5.74) is 3.84. The maximum atomic E-state index is 12.9. The number of hydrogen-bond acceptors (Lipinski definition) is 3. The fourth-order valence-electron chi connectivity index (χ4n) is 3.59. The molecule has 29 heavy (non-hydrogen) atoms. The fraction of sp³-hybridized carbons (Fsp3) is 0.348. The van der Waals surface area contributed by atoms with E-state index in [1.165, 1.54) is 0 Å². The summed E-state index contributed by atoms with van der Waals surface area (Å²) in [5, 5.41) is 5.68. The monoisotopic (exact) mass is 393 g/mol. The summed E-state index contributed by atoms with van der Waals surface area (Å²) in [4.78, 5) is 39.5. The van der Waals surface area contributed by atoms with Crippen LogP contribution in [0.3, 0.4) is 0 Å². The van der Waals surface area contributed by atoms with Crippen molar-refractivity contribution in [3.05, 3.63) is 59.2 Å². The Bertz CT molecular complexity index is 952. The maximum Gasteiger partial charge on any atom is 0.253 e. The number of hydrogen-bond donors (Lipinski definition) is 2. The molecule has 0 aromatic heterocycles. The summed E-state index contributed by atoms with van der Waals surface area (Å²) in [6.07, 6.45) is 0.152. The highest BCUT2D eigenvalue weighted by molar-refractivity contribution is 6.07. The van der Waals surface area contributed by atoms with Gasteiger partial charge in [-0.1, -0.05) is 29.8 Å². The van der Waals surface area contributed by atoms with Crippen LogP contribution in [0.15, 0.2) is 42.5 Å². The lowest BCUT2D eigenvalue weighted by Gasteiger charge is -2.19. The summed E-state index contributed by atoms with van der Waals surface area (Å²) in [5.74, 6) is -1.03. The van der Waals surface area contributed by atoms with Crippen molar-refractivity contribution in [2.45, 2.75) is 40.2 Å². The zero-order valence-corrected chi connectivity index (χ0v) is 17.3. The van der Waals surface area contributed by atoms with Crippen LogP contribution in [0.4, 0.5) is 11.4 Å². The normalized spacial score (nSPS) is 16.2. The SMILES string of the molecule is Cc1ccc(N2CC(C(=O)Nc3ccccc3C(=O)NC(C)C)CC2=O)c(C)c1. The molecule has 3 rings (SSSR count). The molecule has 2 aromatic rings. The van der Waals surface area contributed by atoms with Crippen molar-refractivity contribution in [3.63, 3.8) is 0 Å². The van der Waals surface area contributed by atoms with Crippen LogP contribution in [0.5, 0.6) is 0 Å². The zero-order valence-electron chi connectivity index (χ0n) is 17.3. The third-order valence-electron chi connectivity index (χ3n) is 4.99. The van der Waals surface area contributed by atoms with E-state index in [9.17, 15) is 14.4 Å². The number of carbonyl (C=O) groups excluding carboxylic acids is 3. The topological polar surface area (TPSA) is 78.5 Å². The van der Waals surface area contributed by atoms with Gasteiger partial charge in [-0.3, -0.25) is 14.4 Å². The van der Waals surface area contributed by atoms with Crippen LogP contribution in [0.2, 0.25) is 0 Å². The Morgan fingerprint density at radius 3 is 2.52 bits per heavy atom. The summed E-state index contributed by atoms with van der Waals surface area (Å²) in [6, 6.07) is 12.8. The highest BCUT2D eigenvalue weighted by Crippen LogP contribution is 2.29. The van der Waals surface area contributed by atoms with Crippen molar-refractivity contribution in [1.29, 1.82) is 0 Å². The first-order valence-electron chi connectivity index (χ1n) is 9.84. The minimum Gasteiger partial charge on any atom is -0.350 e. The molecule has 0 spiro atoms. The van der Waals surface area contributed by atoms with Gasteiger partial charge in [-0.2, -0.15) is 0 Å². The van der Waals surface area contributed by atoms with Crippen LogP contribution >= 0.6 is 0 Å². The molecule has 0 bridgehead atoms. The molecular weight excluding hydrogens is 366 g/mol. The number of nitrogens with one attached hydrogen (secondary N) is 2. The smallest absolute Gasteiger partial charge is 0.253 e. The highest BCUT2D eigenvalue weighted by Gasteiger charge is 2.36. The van der Waals surface area contributed by atoms with Gasteiger partial charge in [0.25, 0.3) is 5.91 Å². The van der Waals surface area contributed by atoms with Gasteiger partial charge in [-0.05, 0) is 51.5 Å². The molecule has 1 aliphatic rings. The first-order chi connectivity index (χ1) is 13.8. The summed E-state index contributed by atoms with van der Waals surface area (Å²) >= 11 is 0. The minimum atomic E-state index is -0.468. The fourth-order valence-corrected chi connectivity index (χ4v) is 3.59. The zero-order chi connectivity index (χ0) is 21.1. The predicted molar refractivity (Wildman–Crippen MR) is 114 cm³/mol. The van der Waals surface area contributed by atoms with Gasteiger partial charge in [0.1, 0.15) is 0 Å². The Morgan fingerprint density at radius 1 is 1.10 bits per heavy atom. The van der Waals surface area contributed by atoms with Crippen LogP contribution in [0, 0.1) is 19.8 Å². The van der Waals surface area contributed by atoms with E-state index in [2.05, 4.69) is 10.6 Å². The number of rotatable bonds is 5. The summed E-state index contributed by atoms with van der Waals surface area (Å²) in [7, 11) is 0. The van der Waals surface area contributed by atoms with Crippen LogP contribution in [-0.2, 0) is 9.59 Å². The molecular formula is C23H27N3O3. The van der Waals surface area contributed by atoms with Gasteiger partial charge in [0.2, 0.25) is 11.8 Å². The summed E-state index contributed by atoms with van der Waals surface area (Å²) < 4.78 is 0. The number of amides is 3. The van der Waals surface area contributed by atoms with E-state index in [1.54, 1.807) is 29.2 Å². The summed E-state index contributed by atoms with van der Waals surface area (Å²) in [6.45, 7) is 8.06. The van der Waals surface area contributed by atoms with Gasteiger partial charge in [0.15, 0.2) is 0 Å². The maximum absolute atomic E-state index is 12.9. The average Bonchev–Trinajstić information content (AvgIpc) is 3.03. The molecule has 1 fully saturated rings. The Hall–Kier alpha value is -3.15. The second kappa shape index (κ2) is 8.47. The molecule has 1 saturated heterocycles. The third kappa shape index (κ3) is 4.65. The number of benzene rings is 2. The first-order valence-corrected chi connectivity index (χ1v) is 9.84. The van der Waals surface area contributed by atoms with Gasteiger partial charge < -0.3 is 15.5 Å². The van der Waals surface area contributed by atoms with Crippen molar-refractivity contribution in [2.24, 2.45) is 5.92 Å². The van der Waals surface area contributed by atoms with Gasteiger partial charge in [0, 0.05) is 24.7 Å². The second-order valence-corrected chi connectivity index (χ2v) is 7.86. The number of para-hydroxylation sites is 1. The number of nitrogens with zero attached hydrogens (tertiary/aromatic N) is 1. The van der Waals surface area contributed by atoms with Crippen LogP contribution in [0.1, 0.15) is 41.8 Å². The second-order valence-electron chi connectivity index (χ2n) is 7.86. The quantitative estimate of drug-likeness (QED) is 0.817. The van der Waals surface area contributed by atoms with E-state index in [-0.39, 0.29) is 30.2 Å². The van der Waals surface area contributed by atoms with E-state index in [0.29, 0.717) is 17.8 Å². The van der Waals surface area contributed by atoms with Gasteiger partial charge in [-0.15, -0.1) is 0 Å². The van der Waals surface area contributed by atoms with E-state index < -0.39 is 5.92 Å². The van der Waals surface area contributed by atoms with Crippen LogP contribution in [-0.4, -0.2) is 30.3 Å². The minimum absolute atomic E-state index is 0.00924. The number of carbonyl (C=O) groups is 3. The molecule has 1 unspecified atom stereocenters. The molecule has 2 N–H and O–H groups in total. The largest absolute Gasteiger partial charge is 0.350 e. The van der Waals surface area contributed by atoms with Crippen LogP contribution < -0.4 is 15.5 Å². The van der Waals surface area contributed by atoms with Gasteiger partial charge in [-0.25, -0.2) is 0 Å². The molecule has 0 aliphatic carbocycles. The lowest BCUT2D eigenvalue weighted by Crippen LogP contribution is -2.32. The first kappa shape index (κ1) is 20.6. The molecule has 0 saturated carbocycles. The van der Waals surface area contributed by atoms with Crippen molar-refractivity contribution >= 4 is 29.1 Å². The average molecular weight is 393 g/mol. The Kier molecular flexibility index (Phi) is 6.01. The molecule has 1 atom stereocenters. The number of anilines is 2. The molecule has 0 radical (unpaired) electrons. The Morgan fingerprint density at radius 2 is 1.83 bits per heavy atom. The molecule has 1 aliphatic heterocycles. The molecule has 3 amide bonds. The van der Waals surface area contributed by atoms with E-state index in [1.807, 2.05) is 45.9 Å². The Labute approximate surface area is 171 Å². The van der Waals surface area contributed by atoms with Gasteiger partial charge in [0.05, 0.1) is 17.2 Å². The molecule has 2 aromatic carbocycles. The molecule has 1 heterocycles. The molecule has 6 nitrogen and oxygen atoms in total. The predicted octanol–water partition coefficient (Wildman–Crippen LogP) is 3.43. The molecule has 152 valence electrons. The van der Waals surface area contributed by atoms with Gasteiger partial charge >= 0.3 is 0 Å². The van der Waals surface area contributed by atoms with E-state index in [0.717, 1.165) is 16.8 Å². The van der Waals surface area contributed by atoms with Crippen molar-refractivity contribution < 1.29 is 14.4 Å². The molecule has 6 heteroatoms. The van der Waals surface area contributed by atoms with Crippen molar-refractivity contribution in [2.75, 3.05) is 16.8 Å². The van der Waals surface area contributed by atoms with Crippen LogP contribution in [0.25, 0.3) is 0 Å². The standard InChI is InChI=1S/C23H27N3O3/c1-14(2)24-23(29)18-7-5-6-8-19(18)25-22(28)17-12-21(27)26(13-17)20-10-9-15(3)11-16(20)4/h5-11,14,17H,12-13H2,1-4H3,(H,24,29)(H,25,28). The van der Waals surface area contributed by atoms with E-state index >= 15 is 0 Å². The van der Waals surface area contributed by atoms with Crippen molar-refractivity contribution in [3.8, 4) is 0 Å². The van der Waals surface area contributed by atoms with Crippen molar-refractivity contribution in [1.82, 2.24) is 5.32 Å². The number of aryl methyl sites for hydroxylation is 2. The highest BCUT2D eigenvalue weighted by atomic mass is 16.2. The van der Waals surface area contributed by atoms with E-state index in [4.69, 9.17) is 0 Å². The lowest BCUT2D eigenvalue weighted by atomic mass is 10.1. The third-order valence-corrected chi connectivity index (χ3v) is 4.99. The lowest BCUT2D eigenvalue weighted by molar-refractivity contribution is -0.122.